The highest BCUT2D eigenvalue weighted by molar-refractivity contribution is 9.10. The van der Waals surface area contributed by atoms with Crippen molar-refractivity contribution in [2.75, 3.05) is 11.1 Å². The van der Waals surface area contributed by atoms with Gasteiger partial charge in [0.2, 0.25) is 0 Å². The number of halogens is 1. The van der Waals surface area contributed by atoms with Crippen LogP contribution in [0.4, 0.5) is 11.4 Å². The Balaban J connectivity index is 2.27. The minimum absolute atomic E-state index is 0.0526. The number of carboxylic acids is 1. The number of amides is 1. The Morgan fingerprint density at radius 2 is 2.05 bits per heavy atom. The first-order chi connectivity index (χ1) is 9.49. The van der Waals surface area contributed by atoms with Crippen molar-refractivity contribution >= 4 is 39.2 Å². The summed E-state index contributed by atoms with van der Waals surface area (Å²) in [7, 11) is 0. The van der Waals surface area contributed by atoms with Crippen molar-refractivity contribution in [2.45, 2.75) is 0 Å². The van der Waals surface area contributed by atoms with Crippen molar-refractivity contribution in [1.29, 1.82) is 0 Å². The van der Waals surface area contributed by atoms with Gasteiger partial charge in [-0.25, -0.2) is 9.78 Å². The van der Waals surface area contributed by atoms with E-state index in [-0.39, 0.29) is 16.9 Å². The molecule has 20 heavy (non-hydrogen) atoms. The molecular formula is C13H10BrN3O3. The highest BCUT2D eigenvalue weighted by atomic mass is 79.9. The van der Waals surface area contributed by atoms with Crippen molar-refractivity contribution in [3.8, 4) is 0 Å². The average Bonchev–Trinajstić information content (AvgIpc) is 2.41. The fourth-order valence-electron chi connectivity index (χ4n) is 1.56. The maximum absolute atomic E-state index is 12.0. The van der Waals surface area contributed by atoms with E-state index >= 15 is 0 Å². The van der Waals surface area contributed by atoms with Crippen LogP contribution >= 0.6 is 15.9 Å². The number of nitrogen functional groups attached to an aromatic ring is 1. The van der Waals surface area contributed by atoms with E-state index in [9.17, 15) is 9.59 Å². The van der Waals surface area contributed by atoms with Crippen molar-refractivity contribution in [3.63, 3.8) is 0 Å². The van der Waals surface area contributed by atoms with Crippen LogP contribution in [-0.2, 0) is 0 Å². The molecule has 2 rings (SSSR count). The van der Waals surface area contributed by atoms with Crippen LogP contribution in [0.25, 0.3) is 0 Å². The first kappa shape index (κ1) is 14.0. The van der Waals surface area contributed by atoms with E-state index in [1.807, 2.05) is 0 Å². The molecule has 1 aromatic carbocycles. The normalized spacial score (nSPS) is 10.1. The molecule has 102 valence electrons. The van der Waals surface area contributed by atoms with Gasteiger partial charge in [0.05, 0.1) is 11.3 Å². The molecule has 7 heteroatoms. The van der Waals surface area contributed by atoms with Gasteiger partial charge in [-0.2, -0.15) is 0 Å². The van der Waals surface area contributed by atoms with Crippen LogP contribution in [-0.4, -0.2) is 22.0 Å². The Kier molecular flexibility index (Phi) is 3.99. The molecule has 0 aliphatic carbocycles. The highest BCUT2D eigenvalue weighted by Gasteiger charge is 2.13. The van der Waals surface area contributed by atoms with E-state index < -0.39 is 11.9 Å². The fourth-order valence-corrected chi connectivity index (χ4v) is 1.98. The number of aromatic nitrogens is 1. The number of carbonyl (C=O) groups is 2. The zero-order chi connectivity index (χ0) is 14.7. The van der Waals surface area contributed by atoms with Gasteiger partial charge in [0.1, 0.15) is 0 Å². The molecule has 0 fully saturated rings. The Labute approximate surface area is 122 Å². The van der Waals surface area contributed by atoms with E-state index in [1.54, 1.807) is 24.3 Å². The summed E-state index contributed by atoms with van der Waals surface area (Å²) < 4.78 is 0.431. The number of nitrogens with two attached hydrogens (primary N) is 1. The van der Waals surface area contributed by atoms with Gasteiger partial charge in [0, 0.05) is 16.4 Å². The number of anilines is 2. The van der Waals surface area contributed by atoms with Crippen LogP contribution in [0, 0.1) is 0 Å². The highest BCUT2D eigenvalue weighted by Crippen LogP contribution is 2.22. The predicted molar refractivity (Wildman–Crippen MR) is 77.7 cm³/mol. The number of rotatable bonds is 3. The summed E-state index contributed by atoms with van der Waals surface area (Å²) in [5.41, 5.74) is 6.39. The number of benzene rings is 1. The summed E-state index contributed by atoms with van der Waals surface area (Å²) in [4.78, 5) is 26.9. The molecule has 0 aliphatic rings. The largest absolute Gasteiger partial charge is 0.478 e. The zero-order valence-corrected chi connectivity index (χ0v) is 11.7. The van der Waals surface area contributed by atoms with E-state index in [4.69, 9.17) is 10.8 Å². The molecular weight excluding hydrogens is 326 g/mol. The lowest BCUT2D eigenvalue weighted by molar-refractivity contribution is 0.0695. The average molecular weight is 336 g/mol. The number of hydrogen-bond donors (Lipinski definition) is 3. The first-order valence-corrected chi connectivity index (χ1v) is 6.33. The molecule has 0 spiro atoms. The molecule has 6 nitrogen and oxygen atoms in total. The summed E-state index contributed by atoms with van der Waals surface area (Å²) in [6.45, 7) is 0. The number of pyridine rings is 1. The number of nitrogens with one attached hydrogen (secondary N) is 1. The first-order valence-electron chi connectivity index (χ1n) is 5.53. The van der Waals surface area contributed by atoms with Crippen LogP contribution in [0.2, 0.25) is 0 Å². The molecule has 0 saturated carbocycles. The van der Waals surface area contributed by atoms with E-state index in [2.05, 4.69) is 26.2 Å². The van der Waals surface area contributed by atoms with Crippen LogP contribution in [0.5, 0.6) is 0 Å². The summed E-state index contributed by atoms with van der Waals surface area (Å²) in [5, 5.41) is 11.6. The summed E-state index contributed by atoms with van der Waals surface area (Å²) in [6.07, 6.45) is 1.45. The second-order valence-corrected chi connectivity index (χ2v) is 4.75. The van der Waals surface area contributed by atoms with Crippen LogP contribution < -0.4 is 11.1 Å². The molecule has 0 bridgehead atoms. The van der Waals surface area contributed by atoms with Crippen LogP contribution in [0.1, 0.15) is 20.8 Å². The minimum Gasteiger partial charge on any atom is -0.478 e. The van der Waals surface area contributed by atoms with Gasteiger partial charge in [0.25, 0.3) is 5.91 Å². The van der Waals surface area contributed by atoms with Gasteiger partial charge in [-0.1, -0.05) is 0 Å². The number of carbonyl (C=O) groups excluding carboxylic acids is 1. The van der Waals surface area contributed by atoms with Gasteiger partial charge in [-0.15, -0.1) is 0 Å². The van der Waals surface area contributed by atoms with Crippen molar-refractivity contribution in [3.05, 3.63) is 52.3 Å². The molecule has 1 amide bonds. The second kappa shape index (κ2) is 5.70. The van der Waals surface area contributed by atoms with E-state index in [0.29, 0.717) is 10.2 Å². The lowest BCUT2D eigenvalue weighted by Gasteiger charge is -2.08. The fraction of sp³-hybridized carbons (Fsp3) is 0. The number of carboxylic acid groups (broad SMARTS) is 1. The molecule has 0 aliphatic heterocycles. The van der Waals surface area contributed by atoms with E-state index in [0.717, 1.165) is 0 Å². The molecule has 1 aromatic heterocycles. The van der Waals surface area contributed by atoms with Gasteiger partial charge in [-0.05, 0) is 46.3 Å². The topological polar surface area (TPSA) is 105 Å². The Hall–Kier alpha value is -2.41. The summed E-state index contributed by atoms with van der Waals surface area (Å²) >= 11 is 3.13. The van der Waals surface area contributed by atoms with Crippen LogP contribution in [0.15, 0.2) is 41.0 Å². The lowest BCUT2D eigenvalue weighted by Crippen LogP contribution is -2.16. The Bertz CT molecular complexity index is 688. The molecule has 0 unspecified atom stereocenters. The molecule has 4 N–H and O–H groups in total. The molecule has 0 saturated heterocycles. The number of hydrogen-bond acceptors (Lipinski definition) is 4. The maximum Gasteiger partial charge on any atom is 0.336 e. The standard InChI is InChI=1S/C13H10BrN3O3/c14-9-4-3-7(6-8(9)13(19)20)17-12(18)11-10(15)2-1-5-16-11/h1-6H,15H2,(H,17,18)(H,19,20). The third kappa shape index (κ3) is 2.94. The molecule has 0 atom stereocenters. The number of aromatic carboxylic acids is 1. The molecule has 1 heterocycles. The quantitative estimate of drug-likeness (QED) is 0.798. The second-order valence-electron chi connectivity index (χ2n) is 3.90. The summed E-state index contributed by atoms with van der Waals surface area (Å²) in [6, 6.07) is 7.65. The smallest absolute Gasteiger partial charge is 0.336 e. The minimum atomic E-state index is -1.09. The molecule has 0 radical (unpaired) electrons. The third-order valence-electron chi connectivity index (χ3n) is 2.51. The van der Waals surface area contributed by atoms with E-state index in [1.165, 1.54) is 12.3 Å². The van der Waals surface area contributed by atoms with Gasteiger partial charge < -0.3 is 16.2 Å². The number of nitrogens with zero attached hydrogens (tertiary/aromatic N) is 1. The SMILES string of the molecule is Nc1cccnc1C(=O)Nc1ccc(Br)c(C(=O)O)c1. The van der Waals surface area contributed by atoms with Gasteiger partial charge >= 0.3 is 5.97 Å². The monoisotopic (exact) mass is 335 g/mol. The maximum atomic E-state index is 12.0. The van der Waals surface area contributed by atoms with Crippen molar-refractivity contribution in [1.82, 2.24) is 4.98 Å². The predicted octanol–water partition coefficient (Wildman–Crippen LogP) is 2.38. The van der Waals surface area contributed by atoms with Gasteiger partial charge in [0.15, 0.2) is 5.69 Å². The van der Waals surface area contributed by atoms with Gasteiger partial charge in [-0.3, -0.25) is 4.79 Å². The van der Waals surface area contributed by atoms with Crippen molar-refractivity contribution in [2.24, 2.45) is 0 Å². The third-order valence-corrected chi connectivity index (χ3v) is 3.20. The Morgan fingerprint density at radius 3 is 2.70 bits per heavy atom. The zero-order valence-electron chi connectivity index (χ0n) is 10.1. The summed E-state index contributed by atoms with van der Waals surface area (Å²) in [5.74, 6) is -1.59. The van der Waals surface area contributed by atoms with Crippen LogP contribution in [0.3, 0.4) is 0 Å². The lowest BCUT2D eigenvalue weighted by atomic mass is 10.2. The molecule has 2 aromatic rings. The van der Waals surface area contributed by atoms with Crippen molar-refractivity contribution < 1.29 is 14.7 Å². The Morgan fingerprint density at radius 1 is 1.30 bits per heavy atom.